The van der Waals surface area contributed by atoms with Gasteiger partial charge in [-0.15, -0.1) is 16.7 Å². The number of urea groups is 1. The first-order valence-electron chi connectivity index (χ1n) is 18.2. The average Bonchev–Trinajstić information content (AvgIpc) is 3.52. The SMILES string of the molecule is CCOC(=O)C(Cl)Cc1cc(-n2nc(C)n(C(F)F)c2=O)c(F)cc1Cl.COc1cc(OC)nc(NC(=O)NS(=O)(=O)c2ncccc2C(=O)N(C)C)n1.CP(=O)(O)CCC(N)C(=O)O. The van der Waals surface area contributed by atoms with Crippen LogP contribution >= 0.6 is 30.6 Å². The number of nitrogens with zero attached hydrogens (tertiary/aromatic N) is 7. The minimum atomic E-state index is -4.46. The summed E-state index contributed by atoms with van der Waals surface area (Å²) >= 11 is 11.9. The van der Waals surface area contributed by atoms with E-state index < -0.39 is 75.8 Å². The molecule has 0 aliphatic carbocycles. The van der Waals surface area contributed by atoms with E-state index in [-0.39, 0.29) is 75.5 Å². The lowest BCUT2D eigenvalue weighted by Crippen LogP contribution is -2.36. The molecule has 3 atom stereocenters. The van der Waals surface area contributed by atoms with E-state index in [4.69, 9.17) is 53.1 Å². The molecule has 0 saturated carbocycles. The minimum absolute atomic E-state index is 0.0412. The van der Waals surface area contributed by atoms with E-state index in [2.05, 4.69) is 25.4 Å². The number of anilines is 1. The number of carbonyl (C=O) groups is 4. The number of carboxylic acid groups (broad SMARTS) is 1. The maximum atomic E-state index is 14.2. The number of benzene rings is 1. The predicted octanol–water partition coefficient (Wildman–Crippen LogP) is 3.03. The van der Waals surface area contributed by atoms with E-state index in [0.717, 1.165) is 12.1 Å². The summed E-state index contributed by atoms with van der Waals surface area (Å²) in [5, 5.41) is 12.4. The highest BCUT2D eigenvalue weighted by Gasteiger charge is 2.28. The van der Waals surface area contributed by atoms with E-state index >= 15 is 0 Å². The van der Waals surface area contributed by atoms with E-state index in [1.807, 2.05) is 0 Å². The van der Waals surface area contributed by atoms with Gasteiger partial charge in [-0.05, 0) is 50.1 Å². The lowest BCUT2D eigenvalue weighted by Gasteiger charge is -2.14. The number of halogens is 5. The van der Waals surface area contributed by atoms with Crippen LogP contribution in [0.3, 0.4) is 0 Å². The second kappa shape index (κ2) is 24.4. The van der Waals surface area contributed by atoms with Crippen molar-refractivity contribution >= 4 is 70.4 Å². The Morgan fingerprint density at radius 1 is 1.09 bits per heavy atom. The predicted molar refractivity (Wildman–Crippen MR) is 226 cm³/mol. The molecule has 0 bridgehead atoms. The molecule has 0 radical (unpaired) electrons. The molecule has 0 saturated heterocycles. The summed E-state index contributed by atoms with van der Waals surface area (Å²) in [6, 6.07) is 3.90. The first-order valence-corrected chi connectivity index (χ1v) is 22.8. The van der Waals surface area contributed by atoms with Crippen LogP contribution in [0.2, 0.25) is 5.02 Å². The topological polar surface area (TPSA) is 319 Å². The third-order valence-electron chi connectivity index (χ3n) is 7.85. The normalized spacial score (nSPS) is 12.8. The van der Waals surface area contributed by atoms with Gasteiger partial charge in [0.2, 0.25) is 17.7 Å². The van der Waals surface area contributed by atoms with E-state index in [1.165, 1.54) is 71.2 Å². The molecule has 0 spiro atoms. The largest absolute Gasteiger partial charge is 0.481 e. The third kappa shape index (κ3) is 16.6. The van der Waals surface area contributed by atoms with Crippen molar-refractivity contribution in [3.05, 3.63) is 74.8 Å². The molecule has 4 rings (SSSR count). The highest BCUT2D eigenvalue weighted by atomic mass is 35.5. The number of carbonyl (C=O) groups excluding carboxylic acids is 3. The van der Waals surface area contributed by atoms with Crippen molar-refractivity contribution in [2.24, 2.45) is 5.73 Å². The lowest BCUT2D eigenvalue weighted by molar-refractivity contribution is -0.142. The molecule has 3 aromatic heterocycles. The number of nitrogens with one attached hydrogen (secondary N) is 2. The quantitative estimate of drug-likeness (QED) is 0.0612. The highest BCUT2D eigenvalue weighted by molar-refractivity contribution is 7.90. The summed E-state index contributed by atoms with van der Waals surface area (Å²) < 4.78 is 92.8. The summed E-state index contributed by atoms with van der Waals surface area (Å²) in [6.45, 7) is 0.987. The molecule has 3 unspecified atom stereocenters. The highest BCUT2D eigenvalue weighted by Crippen LogP contribution is 2.35. The first kappa shape index (κ1) is 55.3. The molecule has 0 aliphatic heterocycles. The molecule has 358 valence electrons. The molecule has 65 heavy (non-hydrogen) atoms. The molecule has 0 fully saturated rings. The Kier molecular flexibility index (Phi) is 20.8. The smallest absolute Gasteiger partial charge is 0.355 e. The van der Waals surface area contributed by atoms with Crippen LogP contribution in [-0.2, 0) is 35.3 Å². The lowest BCUT2D eigenvalue weighted by atomic mass is 10.1. The van der Waals surface area contributed by atoms with Crippen LogP contribution < -0.4 is 30.9 Å². The Labute approximate surface area is 378 Å². The van der Waals surface area contributed by atoms with Gasteiger partial charge >= 0.3 is 30.2 Å². The average molecular weight is 1000 g/mol. The van der Waals surface area contributed by atoms with Crippen molar-refractivity contribution < 1.29 is 69.5 Å². The number of rotatable bonds is 16. The summed E-state index contributed by atoms with van der Waals surface area (Å²) in [5.74, 6) is -3.72. The second-order valence-electron chi connectivity index (χ2n) is 13.1. The number of methoxy groups -OCH3 is 2. The van der Waals surface area contributed by atoms with Crippen LogP contribution in [0.4, 0.5) is 23.9 Å². The number of alkyl halides is 3. The van der Waals surface area contributed by atoms with Gasteiger partial charge in [-0.25, -0.2) is 28.3 Å². The second-order valence-corrected chi connectivity index (χ2v) is 18.2. The number of aromatic nitrogens is 6. The van der Waals surface area contributed by atoms with Gasteiger partial charge in [-0.3, -0.25) is 24.3 Å². The van der Waals surface area contributed by atoms with Crippen LogP contribution in [0.1, 0.15) is 41.6 Å². The molecule has 6 N–H and O–H groups in total. The van der Waals surface area contributed by atoms with Crippen LogP contribution in [0.15, 0.2) is 46.3 Å². The maximum absolute atomic E-state index is 14.2. The fraction of sp³-hybridized carbons (Fsp3) is 0.400. The number of hydrogen-bond acceptors (Lipinski definition) is 16. The van der Waals surface area contributed by atoms with Crippen LogP contribution in [0, 0.1) is 12.7 Å². The standard InChI is InChI=1S/C15H14Cl2F3N3O3.C15H18N6O6S.C5H12NO4P/c1-3-26-13(24)10(17)4-8-5-12(11(18)6-9(8)16)23-15(25)22(14(19)20)7(2)21-23;1-21(2)13(22)9-6-5-7-16-12(9)28(24,25)20-15(23)19-14-17-10(26-3)8-11(18-14)27-4;1-11(9,10)3-2-4(6)5(7)8/h5-6,10,14H,3-4H2,1-2H3;5-8H,1-4H3,(H2,17,18,19,20,23);4H,2-3,6H2,1H3,(H,7,8)(H,9,10). The molecule has 3 amide bonds. The summed E-state index contributed by atoms with van der Waals surface area (Å²) in [5.41, 5.74) is 3.54. The van der Waals surface area contributed by atoms with E-state index in [9.17, 15) is 50.1 Å². The zero-order chi connectivity index (χ0) is 49.6. The van der Waals surface area contributed by atoms with Crippen LogP contribution in [-0.4, -0.2) is 136 Å². The Balaban J connectivity index is 0.000000365. The van der Waals surface area contributed by atoms with Gasteiger partial charge in [-0.1, -0.05) is 11.6 Å². The number of esters is 1. The van der Waals surface area contributed by atoms with Crippen LogP contribution in [0.5, 0.6) is 11.8 Å². The van der Waals surface area contributed by atoms with Crippen molar-refractivity contribution in [2.45, 2.75) is 49.7 Å². The fourth-order valence-corrected chi connectivity index (χ4v) is 6.99. The molecular formula is C35H44Cl2F3N10O13PS. The third-order valence-corrected chi connectivity index (χ3v) is 10.9. The van der Waals surface area contributed by atoms with Gasteiger partial charge in [0, 0.05) is 44.6 Å². The molecule has 30 heteroatoms. The molecule has 23 nitrogen and oxygen atoms in total. The van der Waals surface area contributed by atoms with Crippen molar-refractivity contribution in [1.29, 1.82) is 0 Å². The summed E-state index contributed by atoms with van der Waals surface area (Å²) in [6.07, 6.45) is 1.07. The number of aliphatic carboxylic acids is 1. The Bertz CT molecular complexity index is 2540. The number of hydrogen-bond donors (Lipinski definition) is 5. The van der Waals surface area contributed by atoms with Gasteiger partial charge in [0.25, 0.3) is 15.9 Å². The van der Waals surface area contributed by atoms with E-state index in [1.54, 1.807) is 11.6 Å². The summed E-state index contributed by atoms with van der Waals surface area (Å²) in [4.78, 5) is 79.5. The Morgan fingerprint density at radius 2 is 1.69 bits per heavy atom. The number of sulfonamides is 1. The summed E-state index contributed by atoms with van der Waals surface area (Å²) in [7, 11) is -1.95. The first-order chi connectivity index (χ1) is 30.2. The zero-order valence-corrected chi connectivity index (χ0v) is 38.6. The molecule has 1 aromatic carbocycles. The minimum Gasteiger partial charge on any atom is -0.481 e. The fourth-order valence-electron chi connectivity index (χ4n) is 4.74. The van der Waals surface area contributed by atoms with Gasteiger partial charge < -0.3 is 34.8 Å². The Hall–Kier alpha value is -5.86. The van der Waals surface area contributed by atoms with Crippen molar-refractivity contribution in [1.82, 2.24) is 38.9 Å². The number of aryl methyl sites for hydroxylation is 1. The van der Waals surface area contributed by atoms with Gasteiger partial charge in [0.05, 0.1) is 32.5 Å². The van der Waals surface area contributed by atoms with Crippen molar-refractivity contribution in [3.63, 3.8) is 0 Å². The zero-order valence-electron chi connectivity index (χ0n) is 35.4. The molecule has 0 aliphatic rings. The number of amides is 3. The number of ether oxygens (including phenoxy) is 3. The van der Waals surface area contributed by atoms with Crippen LogP contribution in [0.25, 0.3) is 5.69 Å². The number of carboxylic acids is 1. The molecule has 3 heterocycles. The van der Waals surface area contributed by atoms with Gasteiger partial charge in [0.1, 0.15) is 22.9 Å². The van der Waals surface area contributed by atoms with Gasteiger partial charge in [0.15, 0.2) is 18.2 Å². The monoisotopic (exact) mass is 1000 g/mol. The van der Waals surface area contributed by atoms with Crippen molar-refractivity contribution in [2.75, 3.05) is 53.1 Å². The maximum Gasteiger partial charge on any atom is 0.355 e. The molecular weight excluding hydrogens is 959 g/mol. The van der Waals surface area contributed by atoms with Gasteiger partial charge in [-0.2, -0.15) is 31.8 Å². The Morgan fingerprint density at radius 3 is 2.18 bits per heavy atom. The van der Waals surface area contributed by atoms with E-state index in [0.29, 0.717) is 4.68 Å². The molecule has 4 aromatic rings. The van der Waals surface area contributed by atoms with Crippen molar-refractivity contribution in [3.8, 4) is 17.4 Å². The number of pyridine rings is 1. The number of nitrogens with two attached hydrogens (primary N) is 1.